The van der Waals surface area contributed by atoms with Crippen LogP contribution in [0, 0.1) is 11.6 Å². The summed E-state index contributed by atoms with van der Waals surface area (Å²) >= 11 is 1.60. The molecule has 0 saturated heterocycles. The Hall–Kier alpha value is -1.30. The summed E-state index contributed by atoms with van der Waals surface area (Å²) in [6.45, 7) is 0.415. The fourth-order valence-corrected chi connectivity index (χ4v) is 2.31. The van der Waals surface area contributed by atoms with E-state index in [2.05, 4.69) is 5.32 Å². The topological polar surface area (TPSA) is 32.3 Å². The van der Waals surface area contributed by atoms with Gasteiger partial charge in [-0.05, 0) is 29.1 Å². The van der Waals surface area contributed by atoms with E-state index in [1.54, 1.807) is 11.3 Å². The van der Waals surface area contributed by atoms with Crippen molar-refractivity contribution in [1.82, 2.24) is 5.32 Å². The van der Waals surface area contributed by atoms with Crippen molar-refractivity contribution in [2.75, 3.05) is 6.61 Å². The SMILES string of the molecule is OCC(NCc1cccs1)c1ccc(F)c(F)c1. The summed E-state index contributed by atoms with van der Waals surface area (Å²) in [6.07, 6.45) is 0. The van der Waals surface area contributed by atoms with Gasteiger partial charge in [-0.3, -0.25) is 0 Å². The Balaban J connectivity index is 2.05. The van der Waals surface area contributed by atoms with Gasteiger partial charge in [-0.2, -0.15) is 0 Å². The zero-order valence-electron chi connectivity index (χ0n) is 9.57. The van der Waals surface area contributed by atoms with E-state index < -0.39 is 17.7 Å². The van der Waals surface area contributed by atoms with Gasteiger partial charge >= 0.3 is 0 Å². The Morgan fingerprint density at radius 3 is 2.67 bits per heavy atom. The number of hydrogen-bond acceptors (Lipinski definition) is 3. The average molecular weight is 269 g/mol. The van der Waals surface area contributed by atoms with Gasteiger partial charge in [0, 0.05) is 11.4 Å². The third-order valence-electron chi connectivity index (χ3n) is 2.63. The van der Waals surface area contributed by atoms with Gasteiger partial charge in [-0.25, -0.2) is 8.78 Å². The molecule has 0 aliphatic rings. The minimum absolute atomic E-state index is 0.170. The lowest BCUT2D eigenvalue weighted by atomic mass is 10.1. The minimum Gasteiger partial charge on any atom is -0.394 e. The van der Waals surface area contributed by atoms with E-state index in [0.717, 1.165) is 17.0 Å². The molecule has 0 saturated carbocycles. The van der Waals surface area contributed by atoms with Gasteiger partial charge in [0.2, 0.25) is 0 Å². The standard InChI is InChI=1S/C13H13F2NOS/c14-11-4-3-9(6-12(11)15)13(8-17)16-7-10-2-1-5-18-10/h1-6,13,16-17H,7-8H2. The Labute approximate surface area is 108 Å². The van der Waals surface area contributed by atoms with Gasteiger partial charge in [0.1, 0.15) is 0 Å². The molecule has 96 valence electrons. The molecule has 0 spiro atoms. The van der Waals surface area contributed by atoms with E-state index in [1.807, 2.05) is 17.5 Å². The van der Waals surface area contributed by atoms with E-state index in [-0.39, 0.29) is 6.61 Å². The zero-order chi connectivity index (χ0) is 13.0. The monoisotopic (exact) mass is 269 g/mol. The van der Waals surface area contributed by atoms with E-state index in [9.17, 15) is 13.9 Å². The summed E-state index contributed by atoms with van der Waals surface area (Å²) in [7, 11) is 0. The first-order chi connectivity index (χ1) is 8.70. The first-order valence-corrected chi connectivity index (χ1v) is 6.40. The highest BCUT2D eigenvalue weighted by Gasteiger charge is 2.12. The van der Waals surface area contributed by atoms with Crippen LogP contribution in [0.2, 0.25) is 0 Å². The van der Waals surface area contributed by atoms with Crippen LogP contribution in [0.3, 0.4) is 0 Å². The van der Waals surface area contributed by atoms with Crippen LogP contribution >= 0.6 is 11.3 Å². The number of rotatable bonds is 5. The fourth-order valence-electron chi connectivity index (χ4n) is 1.65. The molecule has 1 heterocycles. The molecule has 2 N–H and O–H groups in total. The number of halogens is 2. The first-order valence-electron chi connectivity index (χ1n) is 5.52. The lowest BCUT2D eigenvalue weighted by molar-refractivity contribution is 0.243. The van der Waals surface area contributed by atoms with Crippen molar-refractivity contribution < 1.29 is 13.9 Å². The maximum atomic E-state index is 13.1. The van der Waals surface area contributed by atoms with E-state index >= 15 is 0 Å². The van der Waals surface area contributed by atoms with Crippen LogP contribution in [0.15, 0.2) is 35.7 Å². The van der Waals surface area contributed by atoms with Crippen molar-refractivity contribution in [2.24, 2.45) is 0 Å². The fraction of sp³-hybridized carbons (Fsp3) is 0.231. The molecule has 1 unspecified atom stereocenters. The number of hydrogen-bond donors (Lipinski definition) is 2. The number of thiophene rings is 1. The van der Waals surface area contributed by atoms with Crippen LogP contribution in [-0.2, 0) is 6.54 Å². The third-order valence-corrected chi connectivity index (χ3v) is 3.51. The summed E-state index contributed by atoms with van der Waals surface area (Å²) < 4.78 is 25.9. The Kier molecular flexibility index (Phi) is 4.41. The van der Waals surface area contributed by atoms with Gasteiger partial charge in [0.25, 0.3) is 0 Å². The summed E-state index contributed by atoms with van der Waals surface area (Å²) in [6, 6.07) is 7.16. The average Bonchev–Trinajstić information content (AvgIpc) is 2.87. The van der Waals surface area contributed by atoms with Gasteiger partial charge in [-0.1, -0.05) is 12.1 Å². The number of aliphatic hydroxyl groups excluding tert-OH is 1. The molecule has 0 aliphatic carbocycles. The molecular formula is C13H13F2NOS. The maximum absolute atomic E-state index is 13.1. The lowest BCUT2D eigenvalue weighted by Gasteiger charge is -2.16. The van der Waals surface area contributed by atoms with E-state index in [0.29, 0.717) is 12.1 Å². The molecule has 2 aromatic rings. The summed E-state index contributed by atoms with van der Waals surface area (Å²) in [4.78, 5) is 1.12. The van der Waals surface area contributed by atoms with Crippen LogP contribution in [0.5, 0.6) is 0 Å². The van der Waals surface area contributed by atoms with E-state index in [1.165, 1.54) is 6.07 Å². The molecule has 1 aromatic heterocycles. The second-order valence-corrected chi connectivity index (χ2v) is 4.90. The van der Waals surface area contributed by atoms with Crippen molar-refractivity contribution in [3.8, 4) is 0 Å². The maximum Gasteiger partial charge on any atom is 0.159 e. The largest absolute Gasteiger partial charge is 0.394 e. The van der Waals surface area contributed by atoms with Gasteiger partial charge in [-0.15, -0.1) is 11.3 Å². The van der Waals surface area contributed by atoms with Crippen LogP contribution in [0.1, 0.15) is 16.5 Å². The van der Waals surface area contributed by atoms with Gasteiger partial charge < -0.3 is 10.4 Å². The van der Waals surface area contributed by atoms with Gasteiger partial charge in [0.05, 0.1) is 12.6 Å². The van der Waals surface area contributed by atoms with Crippen molar-refractivity contribution in [2.45, 2.75) is 12.6 Å². The normalized spacial score (nSPS) is 12.6. The minimum atomic E-state index is -0.899. The van der Waals surface area contributed by atoms with Crippen molar-refractivity contribution in [3.05, 3.63) is 57.8 Å². The van der Waals surface area contributed by atoms with Crippen LogP contribution in [-0.4, -0.2) is 11.7 Å². The quantitative estimate of drug-likeness (QED) is 0.875. The molecule has 0 aliphatic heterocycles. The van der Waals surface area contributed by atoms with Crippen LogP contribution < -0.4 is 5.32 Å². The first kappa shape index (κ1) is 13.1. The summed E-state index contributed by atoms with van der Waals surface area (Å²) in [5.74, 6) is -1.78. The molecule has 5 heteroatoms. The second-order valence-electron chi connectivity index (χ2n) is 3.87. The highest BCUT2D eigenvalue weighted by Crippen LogP contribution is 2.17. The number of nitrogens with one attached hydrogen (secondary N) is 1. The molecule has 2 nitrogen and oxygen atoms in total. The van der Waals surface area contributed by atoms with Crippen molar-refractivity contribution >= 4 is 11.3 Å². The predicted octanol–water partition coefficient (Wildman–Crippen LogP) is 2.85. The van der Waals surface area contributed by atoms with Gasteiger partial charge in [0.15, 0.2) is 11.6 Å². The Morgan fingerprint density at radius 2 is 2.06 bits per heavy atom. The highest BCUT2D eigenvalue weighted by atomic mass is 32.1. The molecule has 0 radical (unpaired) electrons. The molecule has 1 aromatic carbocycles. The third kappa shape index (κ3) is 3.13. The summed E-state index contributed by atoms with van der Waals surface area (Å²) in [5.41, 5.74) is 0.535. The molecule has 0 amide bonds. The molecule has 0 bridgehead atoms. The molecule has 18 heavy (non-hydrogen) atoms. The smallest absolute Gasteiger partial charge is 0.159 e. The highest BCUT2D eigenvalue weighted by molar-refractivity contribution is 7.09. The lowest BCUT2D eigenvalue weighted by Crippen LogP contribution is -2.23. The van der Waals surface area contributed by atoms with Crippen LogP contribution in [0.25, 0.3) is 0 Å². The molecule has 2 rings (SSSR count). The Bertz CT molecular complexity index is 502. The predicted molar refractivity (Wildman–Crippen MR) is 67.3 cm³/mol. The van der Waals surface area contributed by atoms with Crippen molar-refractivity contribution in [3.63, 3.8) is 0 Å². The Morgan fingerprint density at radius 1 is 1.22 bits per heavy atom. The molecule has 1 atom stereocenters. The number of benzene rings is 1. The molecule has 0 fully saturated rings. The van der Waals surface area contributed by atoms with Crippen molar-refractivity contribution in [1.29, 1.82) is 0 Å². The zero-order valence-corrected chi connectivity index (χ0v) is 10.4. The number of aliphatic hydroxyl groups is 1. The van der Waals surface area contributed by atoms with E-state index in [4.69, 9.17) is 0 Å². The van der Waals surface area contributed by atoms with Crippen LogP contribution in [0.4, 0.5) is 8.78 Å². The molecular weight excluding hydrogens is 256 g/mol. The summed E-state index contributed by atoms with van der Waals surface area (Å²) in [5, 5.41) is 14.4. The second kappa shape index (κ2) is 6.04.